The molecule has 2 aliphatic rings. The Bertz CT molecular complexity index is 1710. The molecule has 2 aliphatic heterocycles. The van der Waals surface area contributed by atoms with E-state index in [2.05, 4.69) is 18.0 Å². The minimum absolute atomic E-state index is 0.0148. The Morgan fingerprint density at radius 3 is 2.43 bits per heavy atom. The Morgan fingerprint density at radius 2 is 1.68 bits per heavy atom. The minimum atomic E-state index is -1.20. The number of H-pyrrole nitrogens is 1. The number of hydrogen-bond acceptors (Lipinski definition) is 6. The van der Waals surface area contributed by atoms with Crippen molar-refractivity contribution in [3.8, 4) is 23.0 Å². The molecule has 230 valence electrons. The number of carbonyl (C=O) groups is 2. The number of ether oxygens (including phenoxy) is 4. The molecule has 0 bridgehead atoms. The first-order valence-corrected chi connectivity index (χ1v) is 15.1. The molecule has 9 nitrogen and oxygen atoms in total. The van der Waals surface area contributed by atoms with Crippen LogP contribution in [0.25, 0.3) is 10.9 Å². The Kier molecular flexibility index (Phi) is 7.88. The molecule has 1 N–H and O–H groups in total. The minimum Gasteiger partial charge on any atom is -0.493 e. The standard InChI is InChI=1S/C35H39N3O6/c1-6-16-44-28-15-13-23(18-30(28)43-7-2)25-20-38-31(39)21-37(19-22-12-14-27(41-4)29(17-22)42-5)34(40)35(38,3)33-32(25)24-10-8-9-11-26(24)36-33/h8-15,17-18,25,36H,6-7,16,19-21H2,1-5H3/t25?,35-/m0/s1. The second-order valence-electron chi connectivity index (χ2n) is 11.4. The summed E-state index contributed by atoms with van der Waals surface area (Å²) in [7, 11) is 3.16. The third-order valence-corrected chi connectivity index (χ3v) is 8.77. The fraction of sp³-hybridized carbons (Fsp3) is 0.371. The van der Waals surface area contributed by atoms with E-state index in [1.54, 1.807) is 24.0 Å². The van der Waals surface area contributed by atoms with E-state index in [0.29, 0.717) is 42.8 Å². The molecule has 4 aromatic rings. The highest BCUT2D eigenvalue weighted by molar-refractivity contribution is 6.01. The zero-order chi connectivity index (χ0) is 31.0. The molecule has 1 unspecified atom stereocenters. The third-order valence-electron chi connectivity index (χ3n) is 8.77. The number of benzene rings is 3. The molecule has 0 radical (unpaired) electrons. The van der Waals surface area contributed by atoms with Crippen LogP contribution in [0.2, 0.25) is 0 Å². The second kappa shape index (κ2) is 11.8. The quantitative estimate of drug-likeness (QED) is 0.256. The van der Waals surface area contributed by atoms with E-state index in [1.807, 2.05) is 68.4 Å². The van der Waals surface area contributed by atoms with Gasteiger partial charge in [0.15, 0.2) is 28.5 Å². The maximum absolute atomic E-state index is 14.5. The van der Waals surface area contributed by atoms with E-state index in [-0.39, 0.29) is 30.8 Å². The van der Waals surface area contributed by atoms with Crippen LogP contribution in [0.3, 0.4) is 0 Å². The number of carbonyl (C=O) groups excluding carboxylic acids is 2. The number of amides is 2. The predicted molar refractivity (Wildman–Crippen MR) is 168 cm³/mol. The number of fused-ring (bicyclic) bond motifs is 5. The highest BCUT2D eigenvalue weighted by atomic mass is 16.5. The van der Waals surface area contributed by atoms with Crippen LogP contribution in [0.4, 0.5) is 0 Å². The zero-order valence-corrected chi connectivity index (χ0v) is 25.9. The SMILES string of the molecule is CCCOc1ccc(C2CN3C(=O)CN(Cc4ccc(OC)c(OC)c4)C(=O)[C@]3(C)c3[nH]c4ccccc4c32)cc1OCC. The molecular formula is C35H39N3O6. The molecule has 0 saturated carbocycles. The average molecular weight is 598 g/mol. The van der Waals surface area contributed by atoms with Crippen LogP contribution in [0.15, 0.2) is 60.7 Å². The molecule has 0 spiro atoms. The largest absolute Gasteiger partial charge is 0.493 e. The molecule has 1 saturated heterocycles. The van der Waals surface area contributed by atoms with Gasteiger partial charge in [-0.1, -0.05) is 37.3 Å². The third kappa shape index (κ3) is 4.80. The van der Waals surface area contributed by atoms with Crippen LogP contribution in [-0.2, 0) is 21.7 Å². The van der Waals surface area contributed by atoms with Gasteiger partial charge in [0.05, 0.1) is 33.1 Å². The Hall–Kier alpha value is -4.66. The van der Waals surface area contributed by atoms with Crippen molar-refractivity contribution in [3.05, 3.63) is 83.0 Å². The molecule has 2 amide bonds. The number of para-hydroxylation sites is 1. The summed E-state index contributed by atoms with van der Waals surface area (Å²) in [6.45, 7) is 7.60. The average Bonchev–Trinajstić information content (AvgIpc) is 3.44. The van der Waals surface area contributed by atoms with Gasteiger partial charge >= 0.3 is 0 Å². The first kappa shape index (κ1) is 29.4. The van der Waals surface area contributed by atoms with Gasteiger partial charge in [-0.15, -0.1) is 0 Å². The molecule has 2 atom stereocenters. The summed E-state index contributed by atoms with van der Waals surface area (Å²) in [5.74, 6) is 2.15. The van der Waals surface area contributed by atoms with Crippen molar-refractivity contribution in [2.45, 2.75) is 45.2 Å². The summed E-state index contributed by atoms with van der Waals surface area (Å²) < 4.78 is 22.8. The van der Waals surface area contributed by atoms with Crippen molar-refractivity contribution in [2.24, 2.45) is 0 Å². The lowest BCUT2D eigenvalue weighted by Crippen LogP contribution is -2.67. The van der Waals surface area contributed by atoms with E-state index in [0.717, 1.165) is 39.7 Å². The van der Waals surface area contributed by atoms with Crippen LogP contribution in [-0.4, -0.2) is 67.1 Å². The van der Waals surface area contributed by atoms with E-state index >= 15 is 0 Å². The molecule has 3 aromatic carbocycles. The van der Waals surface area contributed by atoms with Gasteiger partial charge < -0.3 is 33.7 Å². The van der Waals surface area contributed by atoms with Crippen LogP contribution >= 0.6 is 0 Å². The first-order valence-electron chi connectivity index (χ1n) is 15.1. The van der Waals surface area contributed by atoms with E-state index in [9.17, 15) is 9.59 Å². The van der Waals surface area contributed by atoms with Gasteiger partial charge in [0.25, 0.3) is 5.91 Å². The van der Waals surface area contributed by atoms with Gasteiger partial charge in [-0.05, 0) is 67.3 Å². The first-order chi connectivity index (χ1) is 21.3. The van der Waals surface area contributed by atoms with Gasteiger partial charge in [-0.2, -0.15) is 0 Å². The monoisotopic (exact) mass is 597 g/mol. The summed E-state index contributed by atoms with van der Waals surface area (Å²) in [4.78, 5) is 35.4. The lowest BCUT2D eigenvalue weighted by molar-refractivity contribution is -0.166. The number of aromatic amines is 1. The number of nitrogens with zero attached hydrogens (tertiary/aromatic N) is 2. The second-order valence-corrected chi connectivity index (χ2v) is 11.4. The lowest BCUT2D eigenvalue weighted by Gasteiger charge is -2.51. The number of piperazine rings is 1. The summed E-state index contributed by atoms with van der Waals surface area (Å²) in [6, 6.07) is 19.7. The number of methoxy groups -OCH3 is 2. The molecule has 0 aliphatic carbocycles. The van der Waals surface area contributed by atoms with Crippen molar-refractivity contribution in [2.75, 3.05) is 40.5 Å². The number of rotatable bonds is 10. The topological polar surface area (TPSA) is 93.3 Å². The number of nitrogens with one attached hydrogen (secondary N) is 1. The van der Waals surface area contributed by atoms with Gasteiger partial charge in [0.1, 0.15) is 6.54 Å². The molecule has 1 fully saturated rings. The van der Waals surface area contributed by atoms with Crippen molar-refractivity contribution in [1.29, 1.82) is 0 Å². The smallest absolute Gasteiger partial charge is 0.255 e. The van der Waals surface area contributed by atoms with Gasteiger partial charge in [-0.25, -0.2) is 0 Å². The molecule has 3 heterocycles. The molecule has 1 aromatic heterocycles. The van der Waals surface area contributed by atoms with Crippen molar-refractivity contribution in [1.82, 2.24) is 14.8 Å². The molecular weight excluding hydrogens is 558 g/mol. The van der Waals surface area contributed by atoms with E-state index in [4.69, 9.17) is 18.9 Å². The summed E-state index contributed by atoms with van der Waals surface area (Å²) in [5.41, 5.74) is 3.34. The maximum atomic E-state index is 14.5. The van der Waals surface area contributed by atoms with Crippen molar-refractivity contribution < 1.29 is 28.5 Å². The van der Waals surface area contributed by atoms with Crippen LogP contribution in [0.5, 0.6) is 23.0 Å². The highest BCUT2D eigenvalue weighted by Crippen LogP contribution is 2.49. The Morgan fingerprint density at radius 1 is 0.909 bits per heavy atom. The molecule has 44 heavy (non-hydrogen) atoms. The van der Waals surface area contributed by atoms with E-state index in [1.165, 1.54) is 0 Å². The summed E-state index contributed by atoms with van der Waals surface area (Å²) in [5, 5.41) is 1.04. The van der Waals surface area contributed by atoms with E-state index < -0.39 is 5.54 Å². The van der Waals surface area contributed by atoms with Gasteiger partial charge in [0, 0.05) is 29.9 Å². The number of aromatic nitrogens is 1. The normalized spacial score (nSPS) is 19.5. The zero-order valence-electron chi connectivity index (χ0n) is 25.9. The highest BCUT2D eigenvalue weighted by Gasteiger charge is 2.56. The van der Waals surface area contributed by atoms with Gasteiger partial charge in [-0.3, -0.25) is 9.59 Å². The fourth-order valence-corrected chi connectivity index (χ4v) is 6.64. The number of hydrogen-bond donors (Lipinski definition) is 1. The van der Waals surface area contributed by atoms with Crippen LogP contribution < -0.4 is 18.9 Å². The molecule has 9 heteroatoms. The van der Waals surface area contributed by atoms with Crippen molar-refractivity contribution in [3.63, 3.8) is 0 Å². The lowest BCUT2D eigenvalue weighted by atomic mass is 9.76. The summed E-state index contributed by atoms with van der Waals surface area (Å²) >= 11 is 0. The predicted octanol–water partition coefficient (Wildman–Crippen LogP) is 5.60. The molecule has 6 rings (SSSR count). The summed E-state index contributed by atoms with van der Waals surface area (Å²) in [6.07, 6.45) is 0.890. The van der Waals surface area contributed by atoms with Gasteiger partial charge in [0.2, 0.25) is 5.91 Å². The van der Waals surface area contributed by atoms with Crippen molar-refractivity contribution >= 4 is 22.7 Å². The Labute approximate surface area is 257 Å². The fourth-order valence-electron chi connectivity index (χ4n) is 6.64. The van der Waals surface area contributed by atoms with Crippen LogP contribution in [0.1, 0.15) is 55.5 Å². The Balaban J connectivity index is 1.43. The van der Waals surface area contributed by atoms with Crippen LogP contribution in [0, 0.1) is 0 Å². The maximum Gasteiger partial charge on any atom is 0.255 e.